The molecule has 0 amide bonds. The molecule has 102 valence electrons. The molecule has 17 heavy (non-hydrogen) atoms. The molecule has 0 saturated heterocycles. The van der Waals surface area contributed by atoms with Gasteiger partial charge >= 0.3 is 0 Å². The smallest absolute Gasteiger partial charge is 0.0589 e. The van der Waals surface area contributed by atoms with Crippen molar-refractivity contribution in [3.63, 3.8) is 0 Å². The Bertz CT molecular complexity index is 199. The Labute approximate surface area is 107 Å². The average Bonchev–Trinajstić information content (AvgIpc) is 2.39. The van der Waals surface area contributed by atoms with Crippen LogP contribution in [0.4, 0.5) is 0 Å². The molecule has 0 radical (unpaired) electrons. The summed E-state index contributed by atoms with van der Waals surface area (Å²) in [7, 11) is 1.78. The highest BCUT2D eigenvalue weighted by atomic mass is 16.5. The number of hydrogen-bond acceptors (Lipinski definition) is 3. The van der Waals surface area contributed by atoms with Crippen molar-refractivity contribution < 1.29 is 4.74 Å². The first-order chi connectivity index (χ1) is 8.26. The van der Waals surface area contributed by atoms with E-state index >= 15 is 0 Å². The summed E-state index contributed by atoms with van der Waals surface area (Å²) in [6.45, 7) is 8.39. The van der Waals surface area contributed by atoms with Crippen LogP contribution in [0.1, 0.15) is 39.5 Å². The Morgan fingerprint density at radius 3 is 2.59 bits per heavy atom. The van der Waals surface area contributed by atoms with Crippen molar-refractivity contribution >= 4 is 0 Å². The molecule has 1 saturated carbocycles. The highest BCUT2D eigenvalue weighted by molar-refractivity contribution is 4.86. The SMILES string of the molecule is CCC1CCC(CN)C(N(CC)CCOC)C1. The summed E-state index contributed by atoms with van der Waals surface area (Å²) in [6.07, 6.45) is 5.32. The maximum absolute atomic E-state index is 5.94. The molecule has 3 unspecified atom stereocenters. The van der Waals surface area contributed by atoms with E-state index in [1.807, 2.05) is 0 Å². The molecule has 1 rings (SSSR count). The first kappa shape index (κ1) is 14.9. The largest absolute Gasteiger partial charge is 0.383 e. The van der Waals surface area contributed by atoms with Crippen LogP contribution in [0.5, 0.6) is 0 Å². The zero-order valence-electron chi connectivity index (χ0n) is 11.8. The van der Waals surface area contributed by atoms with Crippen LogP contribution in [-0.2, 0) is 4.74 Å². The lowest BCUT2D eigenvalue weighted by atomic mass is 9.76. The molecule has 0 aliphatic heterocycles. The maximum atomic E-state index is 5.94. The maximum Gasteiger partial charge on any atom is 0.0589 e. The van der Waals surface area contributed by atoms with Gasteiger partial charge in [-0.25, -0.2) is 0 Å². The minimum absolute atomic E-state index is 0.679. The van der Waals surface area contributed by atoms with Gasteiger partial charge in [-0.1, -0.05) is 26.7 Å². The molecule has 0 bridgehead atoms. The molecular formula is C14H30N2O. The predicted molar refractivity (Wildman–Crippen MR) is 73.1 cm³/mol. The van der Waals surface area contributed by atoms with Gasteiger partial charge in [-0.3, -0.25) is 4.90 Å². The number of nitrogens with zero attached hydrogens (tertiary/aromatic N) is 1. The molecule has 0 aromatic rings. The van der Waals surface area contributed by atoms with Gasteiger partial charge in [0.15, 0.2) is 0 Å². The zero-order chi connectivity index (χ0) is 12.7. The predicted octanol–water partition coefficient (Wildman–Crippen LogP) is 2.11. The van der Waals surface area contributed by atoms with Crippen molar-refractivity contribution in [3.8, 4) is 0 Å². The van der Waals surface area contributed by atoms with E-state index in [-0.39, 0.29) is 0 Å². The van der Waals surface area contributed by atoms with E-state index in [9.17, 15) is 0 Å². The van der Waals surface area contributed by atoms with Gasteiger partial charge in [-0.2, -0.15) is 0 Å². The lowest BCUT2D eigenvalue weighted by molar-refractivity contribution is 0.0598. The third kappa shape index (κ3) is 4.23. The highest BCUT2D eigenvalue weighted by Gasteiger charge is 2.32. The summed E-state index contributed by atoms with van der Waals surface area (Å²) in [5.41, 5.74) is 5.94. The number of methoxy groups -OCH3 is 1. The second-order valence-electron chi connectivity index (χ2n) is 5.27. The van der Waals surface area contributed by atoms with E-state index in [1.165, 1.54) is 25.7 Å². The lowest BCUT2D eigenvalue weighted by Crippen LogP contribution is -2.47. The van der Waals surface area contributed by atoms with E-state index in [4.69, 9.17) is 10.5 Å². The monoisotopic (exact) mass is 242 g/mol. The van der Waals surface area contributed by atoms with E-state index in [2.05, 4.69) is 18.7 Å². The van der Waals surface area contributed by atoms with Crippen LogP contribution in [0.15, 0.2) is 0 Å². The molecule has 1 fully saturated rings. The number of rotatable bonds is 7. The summed E-state index contributed by atoms with van der Waals surface area (Å²) in [5, 5.41) is 0. The van der Waals surface area contributed by atoms with Crippen molar-refractivity contribution in [3.05, 3.63) is 0 Å². The van der Waals surface area contributed by atoms with Crippen molar-refractivity contribution in [1.82, 2.24) is 4.90 Å². The normalized spacial score (nSPS) is 29.8. The van der Waals surface area contributed by atoms with Crippen LogP contribution >= 0.6 is 0 Å². The van der Waals surface area contributed by atoms with Crippen molar-refractivity contribution in [2.45, 2.75) is 45.6 Å². The summed E-state index contributed by atoms with van der Waals surface area (Å²) in [5.74, 6) is 1.59. The Hall–Kier alpha value is -0.120. The molecule has 3 atom stereocenters. The standard InChI is InChI=1S/C14H30N2O/c1-4-12-6-7-13(11-15)14(10-12)16(5-2)8-9-17-3/h12-14H,4-11,15H2,1-3H3. The van der Waals surface area contributed by atoms with Gasteiger partial charge in [0, 0.05) is 19.7 Å². The lowest BCUT2D eigenvalue weighted by Gasteiger charge is -2.42. The molecule has 0 aromatic heterocycles. The summed E-state index contributed by atoms with van der Waals surface area (Å²) < 4.78 is 5.21. The molecular weight excluding hydrogens is 212 g/mol. The van der Waals surface area contributed by atoms with Crippen molar-refractivity contribution in [2.75, 3.05) is 33.4 Å². The number of nitrogens with two attached hydrogens (primary N) is 1. The van der Waals surface area contributed by atoms with E-state index in [1.54, 1.807) is 7.11 Å². The van der Waals surface area contributed by atoms with Crippen LogP contribution < -0.4 is 5.73 Å². The van der Waals surface area contributed by atoms with Gasteiger partial charge in [-0.15, -0.1) is 0 Å². The Kier molecular flexibility index (Phi) is 7.09. The van der Waals surface area contributed by atoms with Crippen molar-refractivity contribution in [1.29, 1.82) is 0 Å². The minimum Gasteiger partial charge on any atom is -0.383 e. The van der Waals surface area contributed by atoms with Gasteiger partial charge in [0.25, 0.3) is 0 Å². The van der Waals surface area contributed by atoms with Crippen LogP contribution in [-0.4, -0.2) is 44.3 Å². The molecule has 3 nitrogen and oxygen atoms in total. The summed E-state index contributed by atoms with van der Waals surface area (Å²) in [6, 6.07) is 0.679. The Morgan fingerprint density at radius 2 is 2.06 bits per heavy atom. The minimum atomic E-state index is 0.679. The van der Waals surface area contributed by atoms with E-state index < -0.39 is 0 Å². The molecule has 1 aliphatic carbocycles. The van der Waals surface area contributed by atoms with Gasteiger partial charge in [0.2, 0.25) is 0 Å². The first-order valence-electron chi connectivity index (χ1n) is 7.19. The fraction of sp³-hybridized carbons (Fsp3) is 1.00. The third-order valence-corrected chi connectivity index (χ3v) is 4.40. The van der Waals surface area contributed by atoms with Gasteiger partial charge < -0.3 is 10.5 Å². The zero-order valence-corrected chi connectivity index (χ0v) is 11.8. The fourth-order valence-electron chi connectivity index (χ4n) is 3.15. The van der Waals surface area contributed by atoms with Crippen LogP contribution in [0, 0.1) is 11.8 Å². The highest BCUT2D eigenvalue weighted by Crippen LogP contribution is 2.33. The van der Waals surface area contributed by atoms with Crippen LogP contribution in [0.25, 0.3) is 0 Å². The van der Waals surface area contributed by atoms with Crippen molar-refractivity contribution in [2.24, 2.45) is 17.6 Å². The second kappa shape index (κ2) is 8.06. The van der Waals surface area contributed by atoms with Crippen LogP contribution in [0.2, 0.25) is 0 Å². The number of hydrogen-bond donors (Lipinski definition) is 1. The number of likely N-dealkylation sites (N-methyl/N-ethyl adjacent to an activating group) is 1. The summed E-state index contributed by atoms with van der Waals surface area (Å²) >= 11 is 0. The van der Waals surface area contributed by atoms with E-state index in [0.29, 0.717) is 12.0 Å². The molecule has 1 aliphatic rings. The Balaban J connectivity index is 2.59. The molecule has 0 spiro atoms. The average molecular weight is 242 g/mol. The van der Waals surface area contributed by atoms with Gasteiger partial charge in [-0.05, 0) is 37.8 Å². The quantitative estimate of drug-likeness (QED) is 0.743. The summed E-state index contributed by atoms with van der Waals surface area (Å²) in [4.78, 5) is 2.57. The van der Waals surface area contributed by atoms with Gasteiger partial charge in [0.1, 0.15) is 0 Å². The molecule has 2 N–H and O–H groups in total. The van der Waals surface area contributed by atoms with Crippen LogP contribution in [0.3, 0.4) is 0 Å². The number of ether oxygens (including phenoxy) is 1. The Morgan fingerprint density at radius 1 is 1.29 bits per heavy atom. The molecule has 0 aromatic carbocycles. The fourth-order valence-corrected chi connectivity index (χ4v) is 3.15. The topological polar surface area (TPSA) is 38.5 Å². The first-order valence-corrected chi connectivity index (χ1v) is 7.19. The second-order valence-corrected chi connectivity index (χ2v) is 5.27. The van der Waals surface area contributed by atoms with Gasteiger partial charge in [0.05, 0.1) is 6.61 Å². The molecule has 0 heterocycles. The van der Waals surface area contributed by atoms with E-state index in [0.717, 1.165) is 32.2 Å². The third-order valence-electron chi connectivity index (χ3n) is 4.40. The molecule has 3 heteroatoms.